The highest BCUT2D eigenvalue weighted by Crippen LogP contribution is 2.27. The summed E-state index contributed by atoms with van der Waals surface area (Å²) in [5, 5.41) is 16.1. The normalized spacial score (nSPS) is 15.7. The number of non-ortho nitro benzene ring substituents is 1. The predicted molar refractivity (Wildman–Crippen MR) is 89.0 cm³/mol. The largest absolute Gasteiger partial charge is 0.336 e. The Hall–Kier alpha value is -3.76. The first kappa shape index (κ1) is 16.7. The Kier molecular flexibility index (Phi) is 3.65. The summed E-state index contributed by atoms with van der Waals surface area (Å²) in [7, 11) is 0. The molecule has 2 aliphatic rings. The van der Waals surface area contributed by atoms with E-state index in [-0.39, 0.29) is 28.9 Å². The first-order valence-corrected chi connectivity index (χ1v) is 8.07. The summed E-state index contributed by atoms with van der Waals surface area (Å²) in [4.78, 5) is 61.5. The van der Waals surface area contributed by atoms with Gasteiger partial charge in [0.15, 0.2) is 0 Å². The third kappa shape index (κ3) is 2.60. The Morgan fingerprint density at radius 1 is 1.15 bits per heavy atom. The van der Waals surface area contributed by atoms with Crippen LogP contribution in [0.1, 0.15) is 32.0 Å². The molecule has 4 rings (SSSR count). The highest BCUT2D eigenvalue weighted by Gasteiger charge is 2.39. The van der Waals surface area contributed by atoms with Gasteiger partial charge in [-0.15, -0.1) is 0 Å². The van der Waals surface area contributed by atoms with Gasteiger partial charge in [-0.3, -0.25) is 39.3 Å². The van der Waals surface area contributed by atoms with Gasteiger partial charge in [0.25, 0.3) is 23.1 Å². The van der Waals surface area contributed by atoms with Crippen LogP contribution in [0.4, 0.5) is 5.69 Å². The van der Waals surface area contributed by atoms with Crippen molar-refractivity contribution in [2.24, 2.45) is 0 Å². The Morgan fingerprint density at radius 2 is 1.89 bits per heavy atom. The molecule has 0 saturated carbocycles. The molecule has 0 radical (unpaired) electrons. The van der Waals surface area contributed by atoms with E-state index in [1.165, 1.54) is 11.0 Å². The van der Waals surface area contributed by atoms with Gasteiger partial charge >= 0.3 is 0 Å². The van der Waals surface area contributed by atoms with Crippen LogP contribution in [-0.2, 0) is 17.8 Å². The molecule has 1 aromatic heterocycles. The number of fused-ring (bicyclic) bond motifs is 2. The second-order valence-electron chi connectivity index (χ2n) is 6.28. The van der Waals surface area contributed by atoms with Crippen LogP contribution in [0.15, 0.2) is 23.0 Å². The number of H-pyrrole nitrogens is 2. The van der Waals surface area contributed by atoms with Crippen molar-refractivity contribution in [1.29, 1.82) is 0 Å². The van der Waals surface area contributed by atoms with Crippen LogP contribution in [-0.4, -0.2) is 55.7 Å². The quantitative estimate of drug-likeness (QED) is 0.433. The monoisotopic (exact) mass is 371 g/mol. The number of hydrogen-bond donors (Lipinski definition) is 2. The maximum Gasteiger partial charge on any atom is 0.270 e. The number of amides is 3. The number of aromatic nitrogens is 2. The molecule has 2 aliphatic heterocycles. The lowest BCUT2D eigenvalue weighted by Gasteiger charge is -2.27. The number of nitrogens with zero attached hydrogens (tertiary/aromatic N) is 3. The maximum atomic E-state index is 12.6. The van der Waals surface area contributed by atoms with Crippen molar-refractivity contribution < 1.29 is 19.3 Å². The molecule has 0 atom stereocenters. The Bertz CT molecular complexity index is 1070. The lowest BCUT2D eigenvalue weighted by atomic mass is 10.1. The standard InChI is InChI=1S/C16H13N5O6/c22-13(19-4-3-12-11(6-19)14(23)18-17-12)7-20-15(24)9-2-1-8(21(26)27)5-10(9)16(20)25/h1-2,5H,3-4,6-7H2,(H2,17,18,23). The third-order valence-electron chi connectivity index (χ3n) is 4.76. The van der Waals surface area contributed by atoms with Gasteiger partial charge in [-0.2, -0.15) is 0 Å². The zero-order valence-corrected chi connectivity index (χ0v) is 13.9. The van der Waals surface area contributed by atoms with Crippen LogP contribution >= 0.6 is 0 Å². The van der Waals surface area contributed by atoms with E-state index in [9.17, 15) is 29.3 Å². The van der Waals surface area contributed by atoms with E-state index in [1.54, 1.807) is 0 Å². The number of imide groups is 1. The molecule has 0 aliphatic carbocycles. The van der Waals surface area contributed by atoms with Gasteiger partial charge in [0.05, 0.1) is 28.2 Å². The van der Waals surface area contributed by atoms with Gasteiger partial charge in [-0.25, -0.2) is 0 Å². The summed E-state index contributed by atoms with van der Waals surface area (Å²) in [6, 6.07) is 3.39. The van der Waals surface area contributed by atoms with Gasteiger partial charge < -0.3 is 10.00 Å². The molecule has 11 heteroatoms. The van der Waals surface area contributed by atoms with E-state index < -0.39 is 29.2 Å². The maximum absolute atomic E-state index is 12.6. The molecule has 3 heterocycles. The Morgan fingerprint density at radius 3 is 2.63 bits per heavy atom. The minimum atomic E-state index is -0.746. The van der Waals surface area contributed by atoms with Crippen LogP contribution in [0.3, 0.4) is 0 Å². The van der Waals surface area contributed by atoms with Crippen molar-refractivity contribution in [3.05, 3.63) is 61.1 Å². The van der Waals surface area contributed by atoms with Crippen LogP contribution < -0.4 is 5.56 Å². The zero-order valence-electron chi connectivity index (χ0n) is 13.9. The van der Waals surface area contributed by atoms with Crippen LogP contribution in [0.2, 0.25) is 0 Å². The van der Waals surface area contributed by atoms with E-state index >= 15 is 0 Å². The minimum absolute atomic E-state index is 0.0291. The minimum Gasteiger partial charge on any atom is -0.336 e. The molecule has 1 aromatic carbocycles. The fourth-order valence-corrected chi connectivity index (χ4v) is 3.30. The Labute approximate surface area is 150 Å². The van der Waals surface area contributed by atoms with Gasteiger partial charge in [0.1, 0.15) is 6.54 Å². The van der Waals surface area contributed by atoms with Crippen molar-refractivity contribution in [3.63, 3.8) is 0 Å². The molecule has 11 nitrogen and oxygen atoms in total. The molecule has 0 saturated heterocycles. The number of nitro benzene ring substituents is 1. The highest BCUT2D eigenvalue weighted by atomic mass is 16.6. The van der Waals surface area contributed by atoms with Crippen molar-refractivity contribution in [2.45, 2.75) is 13.0 Å². The molecule has 0 unspecified atom stereocenters. The predicted octanol–water partition coefficient (Wildman–Crippen LogP) is -0.208. The smallest absolute Gasteiger partial charge is 0.270 e. The zero-order chi connectivity index (χ0) is 19.3. The van der Waals surface area contributed by atoms with E-state index in [0.717, 1.165) is 22.7 Å². The number of nitrogens with one attached hydrogen (secondary N) is 2. The third-order valence-corrected chi connectivity index (χ3v) is 4.76. The van der Waals surface area contributed by atoms with Crippen molar-refractivity contribution in [1.82, 2.24) is 20.0 Å². The number of benzene rings is 1. The van der Waals surface area contributed by atoms with Crippen molar-refractivity contribution in [2.75, 3.05) is 13.1 Å². The van der Waals surface area contributed by atoms with Gasteiger partial charge in [-0.05, 0) is 6.07 Å². The van der Waals surface area contributed by atoms with Crippen molar-refractivity contribution >= 4 is 23.4 Å². The average molecular weight is 371 g/mol. The van der Waals surface area contributed by atoms with Crippen LogP contribution in [0, 0.1) is 10.1 Å². The summed E-state index contributed by atoms with van der Waals surface area (Å²) < 4.78 is 0. The molecule has 0 fully saturated rings. The van der Waals surface area contributed by atoms with E-state index in [4.69, 9.17) is 0 Å². The lowest BCUT2D eigenvalue weighted by molar-refractivity contribution is -0.384. The van der Waals surface area contributed by atoms with Crippen LogP contribution in [0.25, 0.3) is 0 Å². The topological polar surface area (TPSA) is 149 Å². The number of hydrogen-bond acceptors (Lipinski definition) is 6. The fourth-order valence-electron chi connectivity index (χ4n) is 3.30. The molecule has 27 heavy (non-hydrogen) atoms. The van der Waals surface area contributed by atoms with Crippen LogP contribution in [0.5, 0.6) is 0 Å². The molecule has 138 valence electrons. The second kappa shape index (κ2) is 5.90. The lowest BCUT2D eigenvalue weighted by Crippen LogP contribution is -2.45. The van der Waals surface area contributed by atoms with Crippen molar-refractivity contribution in [3.8, 4) is 0 Å². The van der Waals surface area contributed by atoms with E-state index in [0.29, 0.717) is 18.5 Å². The summed E-state index contributed by atoms with van der Waals surface area (Å²) in [6.45, 7) is -0.0618. The summed E-state index contributed by atoms with van der Waals surface area (Å²) in [5.41, 5.74) is 0.505. The number of rotatable bonds is 3. The van der Waals surface area contributed by atoms with Gasteiger partial charge in [0, 0.05) is 30.8 Å². The number of carbonyl (C=O) groups excluding carboxylic acids is 3. The summed E-state index contributed by atoms with van der Waals surface area (Å²) in [6.07, 6.45) is 0.453. The summed E-state index contributed by atoms with van der Waals surface area (Å²) in [5.74, 6) is -1.90. The molecular weight excluding hydrogens is 358 g/mol. The number of carbonyl (C=O) groups is 3. The number of aromatic amines is 2. The molecular formula is C16H13N5O6. The fraction of sp³-hybridized carbons (Fsp3) is 0.250. The van der Waals surface area contributed by atoms with Gasteiger partial charge in [-0.1, -0.05) is 0 Å². The second-order valence-corrected chi connectivity index (χ2v) is 6.28. The molecule has 2 N–H and O–H groups in total. The number of nitro groups is 1. The molecule has 3 amide bonds. The van der Waals surface area contributed by atoms with E-state index in [2.05, 4.69) is 10.2 Å². The average Bonchev–Trinajstić information content (AvgIpc) is 3.14. The summed E-state index contributed by atoms with van der Waals surface area (Å²) >= 11 is 0. The molecule has 2 aromatic rings. The molecule has 0 spiro atoms. The Balaban J connectivity index is 1.53. The highest BCUT2D eigenvalue weighted by molar-refractivity contribution is 6.22. The first-order valence-electron chi connectivity index (χ1n) is 8.07. The van der Waals surface area contributed by atoms with Gasteiger partial charge in [0.2, 0.25) is 5.91 Å². The van der Waals surface area contributed by atoms with E-state index in [1.807, 2.05) is 0 Å². The molecule has 0 bridgehead atoms. The first-order chi connectivity index (χ1) is 12.9. The SMILES string of the molecule is O=C(CN1C(=O)c2ccc([N+](=O)[O-])cc2C1=O)N1CCc2[nH][nH]c(=O)c2C1.